The van der Waals surface area contributed by atoms with E-state index in [1.165, 1.54) is 12.1 Å². The predicted molar refractivity (Wildman–Crippen MR) is 119 cm³/mol. The molecule has 2 unspecified atom stereocenters. The average molecular weight is 421 g/mol. The summed E-state index contributed by atoms with van der Waals surface area (Å²) in [6.45, 7) is 7.33. The molecule has 4 nitrogen and oxygen atoms in total. The molecular weight excluding hydrogens is 391 g/mol. The van der Waals surface area contributed by atoms with Crippen LogP contribution in [-0.2, 0) is 6.54 Å². The van der Waals surface area contributed by atoms with Gasteiger partial charge in [0.15, 0.2) is 0 Å². The van der Waals surface area contributed by atoms with Gasteiger partial charge in [0.2, 0.25) is 0 Å². The number of carbonyl (C=O) groups is 1. The van der Waals surface area contributed by atoms with Crippen molar-refractivity contribution in [2.24, 2.45) is 5.92 Å². The van der Waals surface area contributed by atoms with E-state index in [-0.39, 0.29) is 29.6 Å². The second-order valence-electron chi connectivity index (χ2n) is 8.66. The van der Waals surface area contributed by atoms with Gasteiger partial charge in [-0.3, -0.25) is 9.69 Å². The van der Waals surface area contributed by atoms with Crippen molar-refractivity contribution in [3.8, 4) is 0 Å². The fraction of sp³-hybridized carbons (Fsp3) is 0.346. The third-order valence-electron chi connectivity index (χ3n) is 6.14. The summed E-state index contributed by atoms with van der Waals surface area (Å²) in [5.41, 5.74) is 2.97. The fourth-order valence-electron chi connectivity index (χ4n) is 4.53. The van der Waals surface area contributed by atoms with Crippen LogP contribution in [0.15, 0.2) is 77.6 Å². The number of benzene rings is 2. The van der Waals surface area contributed by atoms with Crippen molar-refractivity contribution in [3.05, 3.63) is 95.7 Å². The molecule has 2 aromatic carbocycles. The predicted octanol–water partition coefficient (Wildman–Crippen LogP) is 5.19. The van der Waals surface area contributed by atoms with E-state index in [1.807, 2.05) is 53.4 Å². The molecule has 162 valence electrons. The highest BCUT2D eigenvalue weighted by Gasteiger charge is 2.36. The Hall–Kier alpha value is -2.92. The Morgan fingerprint density at radius 1 is 1.10 bits per heavy atom. The molecule has 5 heteroatoms. The summed E-state index contributed by atoms with van der Waals surface area (Å²) in [5.74, 6) is 0.322. The van der Waals surface area contributed by atoms with E-state index in [2.05, 4.69) is 18.7 Å². The van der Waals surface area contributed by atoms with Crippen LogP contribution in [0.4, 0.5) is 4.39 Å². The molecule has 1 fully saturated rings. The van der Waals surface area contributed by atoms with E-state index >= 15 is 0 Å². The van der Waals surface area contributed by atoms with Gasteiger partial charge in [0.25, 0.3) is 5.91 Å². The first kappa shape index (κ1) is 21.3. The molecule has 0 spiro atoms. The van der Waals surface area contributed by atoms with Gasteiger partial charge in [0, 0.05) is 49.3 Å². The van der Waals surface area contributed by atoms with Crippen molar-refractivity contribution in [1.29, 1.82) is 0 Å². The SMILES string of the molecule is CC(C)N(CC1CN(Cc2ccoc2)CC1c1ccc(F)cc1)C(=O)c1ccccc1. The minimum atomic E-state index is -0.225. The molecule has 1 saturated heterocycles. The van der Waals surface area contributed by atoms with Gasteiger partial charge in [-0.15, -0.1) is 0 Å². The van der Waals surface area contributed by atoms with Crippen molar-refractivity contribution < 1.29 is 13.6 Å². The van der Waals surface area contributed by atoms with Crippen LogP contribution in [0.2, 0.25) is 0 Å². The Balaban J connectivity index is 1.57. The van der Waals surface area contributed by atoms with Crippen LogP contribution in [0.1, 0.15) is 41.3 Å². The zero-order valence-corrected chi connectivity index (χ0v) is 18.1. The second kappa shape index (κ2) is 9.48. The standard InChI is InChI=1S/C26H29FN2O2/c1-19(2)29(26(30)22-6-4-3-5-7-22)16-23-15-28(14-20-12-13-31-18-20)17-25(23)21-8-10-24(27)11-9-21/h3-13,18-19,23,25H,14-17H2,1-2H3. The number of hydrogen-bond acceptors (Lipinski definition) is 3. The zero-order valence-electron chi connectivity index (χ0n) is 18.1. The van der Waals surface area contributed by atoms with Gasteiger partial charge in [-0.05, 0) is 55.7 Å². The Morgan fingerprint density at radius 2 is 1.84 bits per heavy atom. The lowest BCUT2D eigenvalue weighted by molar-refractivity contribution is 0.0668. The van der Waals surface area contributed by atoms with Gasteiger partial charge in [-0.25, -0.2) is 4.39 Å². The molecule has 0 bridgehead atoms. The quantitative estimate of drug-likeness (QED) is 0.528. The lowest BCUT2D eigenvalue weighted by atomic mass is 9.88. The maximum absolute atomic E-state index is 13.5. The molecule has 1 aromatic heterocycles. The zero-order chi connectivity index (χ0) is 21.8. The normalized spacial score (nSPS) is 19.1. The van der Waals surface area contributed by atoms with Crippen molar-refractivity contribution in [2.75, 3.05) is 19.6 Å². The first-order chi connectivity index (χ1) is 15.0. The molecule has 4 rings (SSSR count). The van der Waals surface area contributed by atoms with E-state index in [0.29, 0.717) is 12.1 Å². The van der Waals surface area contributed by atoms with Gasteiger partial charge in [0.05, 0.1) is 12.5 Å². The summed E-state index contributed by atoms with van der Waals surface area (Å²) in [4.78, 5) is 17.6. The van der Waals surface area contributed by atoms with Crippen molar-refractivity contribution in [2.45, 2.75) is 32.4 Å². The number of nitrogens with zero attached hydrogens (tertiary/aromatic N) is 2. The number of likely N-dealkylation sites (tertiary alicyclic amines) is 1. The molecule has 1 aliphatic heterocycles. The van der Waals surface area contributed by atoms with E-state index in [0.717, 1.165) is 30.8 Å². The minimum Gasteiger partial charge on any atom is -0.472 e. The molecule has 3 aromatic rings. The van der Waals surface area contributed by atoms with Gasteiger partial charge in [-0.2, -0.15) is 0 Å². The lowest BCUT2D eigenvalue weighted by Crippen LogP contribution is -2.42. The van der Waals surface area contributed by atoms with E-state index in [1.54, 1.807) is 12.5 Å². The number of halogens is 1. The van der Waals surface area contributed by atoms with Crippen LogP contribution in [0.3, 0.4) is 0 Å². The third-order valence-corrected chi connectivity index (χ3v) is 6.14. The molecule has 0 saturated carbocycles. The van der Waals surface area contributed by atoms with Crippen LogP contribution in [-0.4, -0.2) is 41.4 Å². The number of carbonyl (C=O) groups excluding carboxylic acids is 1. The lowest BCUT2D eigenvalue weighted by Gasteiger charge is -2.32. The van der Waals surface area contributed by atoms with Crippen molar-refractivity contribution in [3.63, 3.8) is 0 Å². The number of amides is 1. The summed E-state index contributed by atoms with van der Waals surface area (Å²) in [5, 5.41) is 0. The molecule has 0 N–H and O–H groups in total. The van der Waals surface area contributed by atoms with Crippen molar-refractivity contribution in [1.82, 2.24) is 9.80 Å². The molecule has 31 heavy (non-hydrogen) atoms. The summed E-state index contributed by atoms with van der Waals surface area (Å²) in [7, 11) is 0. The van der Waals surface area contributed by atoms with Gasteiger partial charge < -0.3 is 9.32 Å². The van der Waals surface area contributed by atoms with Crippen LogP contribution >= 0.6 is 0 Å². The molecule has 1 aliphatic rings. The Morgan fingerprint density at radius 3 is 2.48 bits per heavy atom. The largest absolute Gasteiger partial charge is 0.472 e. The Bertz CT molecular complexity index is 970. The molecular formula is C26H29FN2O2. The maximum atomic E-state index is 13.5. The highest BCUT2D eigenvalue weighted by Crippen LogP contribution is 2.35. The molecule has 0 aliphatic carbocycles. The number of hydrogen-bond donors (Lipinski definition) is 0. The minimum absolute atomic E-state index is 0.0572. The first-order valence-electron chi connectivity index (χ1n) is 10.9. The summed E-state index contributed by atoms with van der Waals surface area (Å²) in [6, 6.07) is 18.4. The summed E-state index contributed by atoms with van der Waals surface area (Å²) in [6.07, 6.45) is 3.47. The van der Waals surface area contributed by atoms with Gasteiger partial charge in [0.1, 0.15) is 5.82 Å². The van der Waals surface area contributed by atoms with Crippen LogP contribution in [0, 0.1) is 11.7 Å². The average Bonchev–Trinajstić information content (AvgIpc) is 3.43. The third kappa shape index (κ3) is 5.05. The highest BCUT2D eigenvalue weighted by molar-refractivity contribution is 5.94. The van der Waals surface area contributed by atoms with Gasteiger partial charge in [-0.1, -0.05) is 30.3 Å². The molecule has 0 radical (unpaired) electrons. The van der Waals surface area contributed by atoms with E-state index in [4.69, 9.17) is 4.42 Å². The van der Waals surface area contributed by atoms with Crippen LogP contribution in [0.25, 0.3) is 0 Å². The second-order valence-corrected chi connectivity index (χ2v) is 8.66. The smallest absolute Gasteiger partial charge is 0.254 e. The maximum Gasteiger partial charge on any atom is 0.254 e. The van der Waals surface area contributed by atoms with Gasteiger partial charge >= 0.3 is 0 Å². The van der Waals surface area contributed by atoms with Crippen LogP contribution in [0.5, 0.6) is 0 Å². The molecule has 2 atom stereocenters. The fourth-order valence-corrected chi connectivity index (χ4v) is 4.53. The Kier molecular flexibility index (Phi) is 6.52. The first-order valence-corrected chi connectivity index (χ1v) is 10.9. The Labute approximate surface area is 183 Å². The highest BCUT2D eigenvalue weighted by atomic mass is 19.1. The van der Waals surface area contributed by atoms with Crippen molar-refractivity contribution >= 4 is 5.91 Å². The molecule has 2 heterocycles. The molecule has 1 amide bonds. The summed E-state index contributed by atoms with van der Waals surface area (Å²) < 4.78 is 18.8. The van der Waals surface area contributed by atoms with E-state index in [9.17, 15) is 9.18 Å². The van der Waals surface area contributed by atoms with E-state index < -0.39 is 0 Å². The number of furan rings is 1. The number of rotatable bonds is 7. The van der Waals surface area contributed by atoms with Crippen LogP contribution < -0.4 is 0 Å². The monoisotopic (exact) mass is 420 g/mol. The summed E-state index contributed by atoms with van der Waals surface area (Å²) >= 11 is 0. The topological polar surface area (TPSA) is 36.7 Å².